The highest BCUT2D eigenvalue weighted by Crippen LogP contribution is 2.18. The summed E-state index contributed by atoms with van der Waals surface area (Å²) in [7, 11) is 1.67. The molecule has 9 nitrogen and oxygen atoms in total. The Bertz CT molecular complexity index is 776. The third-order valence-corrected chi connectivity index (χ3v) is 7.26. The second-order valence-corrected chi connectivity index (χ2v) is 10.0. The molecule has 0 unspecified atom stereocenters. The van der Waals surface area contributed by atoms with Gasteiger partial charge in [0.2, 0.25) is 11.8 Å². The van der Waals surface area contributed by atoms with Crippen molar-refractivity contribution in [3.05, 3.63) is 23.5 Å². The Kier molecular flexibility index (Phi) is 9.74. The first-order valence-corrected chi connectivity index (χ1v) is 13.4. The molecule has 0 radical (unpaired) electrons. The van der Waals surface area contributed by atoms with Gasteiger partial charge in [-0.3, -0.25) is 24.4 Å². The number of hydrogen-bond acceptors (Lipinski definition) is 7. The van der Waals surface area contributed by atoms with E-state index in [2.05, 4.69) is 15.1 Å². The molecule has 2 fully saturated rings. The molecular weight excluding hydrogens is 444 g/mol. The number of nitrogens with one attached hydrogen (secondary N) is 1. The molecule has 2 saturated heterocycles. The number of piperidine rings is 2. The zero-order valence-corrected chi connectivity index (χ0v) is 21.3. The van der Waals surface area contributed by atoms with Crippen LogP contribution in [0.5, 0.6) is 5.75 Å². The number of hydrogen-bond donors (Lipinski definition) is 1. The van der Waals surface area contributed by atoms with Crippen LogP contribution in [0.4, 0.5) is 0 Å². The molecule has 0 spiro atoms. The van der Waals surface area contributed by atoms with Gasteiger partial charge in [0.25, 0.3) is 0 Å². The quantitative estimate of drug-likeness (QED) is 0.672. The fourth-order valence-corrected chi connectivity index (χ4v) is 5.25. The highest BCUT2D eigenvalue weighted by atomic mass is 16.5. The Labute approximate surface area is 209 Å². The smallest absolute Gasteiger partial charge is 0.236 e. The highest BCUT2D eigenvalue weighted by molar-refractivity contribution is 5.78. The third-order valence-electron chi connectivity index (χ3n) is 7.26. The fourth-order valence-electron chi connectivity index (χ4n) is 5.25. The Hall–Kier alpha value is -2.23. The number of carbonyl (C=O) groups is 2. The molecule has 35 heavy (non-hydrogen) atoms. The molecular formula is C26H42N6O3. The van der Waals surface area contributed by atoms with Gasteiger partial charge in [-0.25, -0.2) is 0 Å². The minimum absolute atomic E-state index is 0.210. The number of ether oxygens (including phenoxy) is 1. The van der Waals surface area contributed by atoms with Crippen LogP contribution in [0.2, 0.25) is 0 Å². The van der Waals surface area contributed by atoms with Gasteiger partial charge in [0.1, 0.15) is 5.75 Å². The molecule has 0 atom stereocenters. The van der Waals surface area contributed by atoms with Crippen molar-refractivity contribution in [1.29, 1.82) is 0 Å². The molecule has 4 rings (SSSR count). The molecule has 9 heteroatoms. The minimum Gasteiger partial charge on any atom is -0.497 e. The maximum atomic E-state index is 12.9. The summed E-state index contributed by atoms with van der Waals surface area (Å²) in [6, 6.07) is 3.93. The summed E-state index contributed by atoms with van der Waals surface area (Å²) in [5.74, 6) is 1.19. The van der Waals surface area contributed by atoms with Crippen LogP contribution in [0.3, 0.4) is 0 Å². The van der Waals surface area contributed by atoms with Crippen LogP contribution < -0.4 is 10.1 Å². The first-order chi connectivity index (χ1) is 17.1. The van der Waals surface area contributed by atoms with E-state index in [0.29, 0.717) is 26.2 Å². The van der Waals surface area contributed by atoms with Gasteiger partial charge >= 0.3 is 0 Å². The van der Waals surface area contributed by atoms with Crippen LogP contribution in [0.1, 0.15) is 49.9 Å². The van der Waals surface area contributed by atoms with Gasteiger partial charge in [0, 0.05) is 77.6 Å². The van der Waals surface area contributed by atoms with E-state index in [1.54, 1.807) is 7.11 Å². The van der Waals surface area contributed by atoms with Crippen molar-refractivity contribution in [1.82, 2.24) is 29.9 Å². The predicted molar refractivity (Wildman–Crippen MR) is 135 cm³/mol. The molecule has 1 N–H and O–H groups in total. The van der Waals surface area contributed by atoms with Crippen LogP contribution >= 0.6 is 0 Å². The summed E-state index contributed by atoms with van der Waals surface area (Å²) < 4.78 is 5.58. The molecule has 0 aromatic carbocycles. The van der Waals surface area contributed by atoms with E-state index in [4.69, 9.17) is 9.72 Å². The van der Waals surface area contributed by atoms with Crippen molar-refractivity contribution >= 4 is 11.8 Å². The maximum absolute atomic E-state index is 12.9. The van der Waals surface area contributed by atoms with E-state index < -0.39 is 0 Å². The topological polar surface area (TPSA) is 81.2 Å². The number of methoxy groups -OCH3 is 1. The van der Waals surface area contributed by atoms with Crippen LogP contribution in [-0.2, 0) is 22.7 Å². The first-order valence-electron chi connectivity index (χ1n) is 13.4. The molecule has 4 heterocycles. The van der Waals surface area contributed by atoms with E-state index in [1.165, 1.54) is 12.8 Å². The van der Waals surface area contributed by atoms with Gasteiger partial charge in [-0.1, -0.05) is 0 Å². The van der Waals surface area contributed by atoms with Crippen molar-refractivity contribution in [2.45, 2.75) is 51.6 Å². The number of pyridine rings is 1. The van der Waals surface area contributed by atoms with E-state index in [1.807, 2.05) is 21.9 Å². The number of fused-ring (bicyclic) bond motifs is 2. The standard InChI is InChI=1S/C26H42N6O3/c1-35-24-16-22-18-29(20-25(33)31-10-4-2-5-11-31)14-8-27-9-15-30(19-23(17-24)28-22)21-26(34)32-12-6-3-7-13-32/h16-17,27H,2-15,18-21H2,1H3. The van der Waals surface area contributed by atoms with Gasteiger partial charge in [-0.05, 0) is 38.5 Å². The van der Waals surface area contributed by atoms with Gasteiger partial charge < -0.3 is 19.9 Å². The molecule has 2 amide bonds. The van der Waals surface area contributed by atoms with Crippen molar-refractivity contribution in [2.24, 2.45) is 0 Å². The van der Waals surface area contributed by atoms with Gasteiger partial charge in [-0.15, -0.1) is 0 Å². The Morgan fingerprint density at radius 3 is 1.66 bits per heavy atom. The Morgan fingerprint density at radius 1 is 0.771 bits per heavy atom. The van der Waals surface area contributed by atoms with E-state index in [9.17, 15) is 9.59 Å². The normalized spacial score (nSPS) is 21.2. The lowest BCUT2D eigenvalue weighted by atomic mass is 10.1. The van der Waals surface area contributed by atoms with E-state index in [-0.39, 0.29) is 11.8 Å². The number of rotatable bonds is 5. The van der Waals surface area contributed by atoms with Gasteiger partial charge in [-0.2, -0.15) is 0 Å². The lowest BCUT2D eigenvalue weighted by Crippen LogP contribution is -2.46. The molecule has 3 aliphatic heterocycles. The third kappa shape index (κ3) is 7.88. The number of likely N-dealkylation sites (tertiary alicyclic amines) is 2. The number of carbonyl (C=O) groups excluding carboxylic acids is 2. The predicted octanol–water partition coefficient (Wildman–Crippen LogP) is 1.32. The van der Waals surface area contributed by atoms with Crippen molar-refractivity contribution in [2.75, 3.05) is 72.6 Å². The molecule has 3 aliphatic rings. The summed E-state index contributed by atoms with van der Waals surface area (Å²) in [4.78, 5) is 39.2. The Balaban J connectivity index is 1.45. The zero-order valence-electron chi connectivity index (χ0n) is 21.3. The van der Waals surface area contributed by atoms with Crippen LogP contribution in [-0.4, -0.2) is 109 Å². The van der Waals surface area contributed by atoms with Crippen LogP contribution in [0.15, 0.2) is 12.1 Å². The Morgan fingerprint density at radius 2 is 1.23 bits per heavy atom. The van der Waals surface area contributed by atoms with Crippen molar-refractivity contribution in [3.8, 4) is 5.75 Å². The van der Waals surface area contributed by atoms with Crippen molar-refractivity contribution in [3.63, 3.8) is 0 Å². The minimum atomic E-state index is 0.210. The first kappa shape index (κ1) is 25.9. The van der Waals surface area contributed by atoms with E-state index in [0.717, 1.165) is 95.2 Å². The van der Waals surface area contributed by atoms with E-state index >= 15 is 0 Å². The zero-order chi connectivity index (χ0) is 24.5. The maximum Gasteiger partial charge on any atom is 0.236 e. The van der Waals surface area contributed by atoms with Gasteiger partial charge in [0.15, 0.2) is 0 Å². The lowest BCUT2D eigenvalue weighted by molar-refractivity contribution is -0.134. The highest BCUT2D eigenvalue weighted by Gasteiger charge is 2.22. The number of nitrogens with zero attached hydrogens (tertiary/aromatic N) is 5. The average Bonchev–Trinajstić information content (AvgIpc) is 2.88. The van der Waals surface area contributed by atoms with Gasteiger partial charge in [0.05, 0.1) is 31.6 Å². The number of aromatic nitrogens is 1. The average molecular weight is 487 g/mol. The largest absolute Gasteiger partial charge is 0.497 e. The second kappa shape index (κ2) is 13.2. The monoisotopic (exact) mass is 486 g/mol. The van der Waals surface area contributed by atoms with Crippen molar-refractivity contribution < 1.29 is 14.3 Å². The second-order valence-electron chi connectivity index (χ2n) is 10.0. The molecule has 2 bridgehead atoms. The summed E-state index contributed by atoms with van der Waals surface area (Å²) in [6.45, 7) is 8.61. The summed E-state index contributed by atoms with van der Waals surface area (Å²) in [6.07, 6.45) is 6.84. The summed E-state index contributed by atoms with van der Waals surface area (Å²) in [5.41, 5.74) is 1.79. The number of amides is 2. The SMILES string of the molecule is COc1cc2nc(c1)CN(CC(=O)N1CCCCC1)CCNCCN(CC(=O)N1CCCCC1)C2. The summed E-state index contributed by atoms with van der Waals surface area (Å²) in [5, 5.41) is 3.52. The molecule has 194 valence electrons. The molecule has 1 aromatic rings. The fraction of sp³-hybridized carbons (Fsp3) is 0.731. The van der Waals surface area contributed by atoms with Crippen LogP contribution in [0.25, 0.3) is 0 Å². The summed E-state index contributed by atoms with van der Waals surface area (Å²) >= 11 is 0. The lowest BCUT2D eigenvalue weighted by Gasteiger charge is -2.31. The van der Waals surface area contributed by atoms with Crippen LogP contribution in [0, 0.1) is 0 Å². The molecule has 0 aliphatic carbocycles. The molecule has 0 saturated carbocycles. The molecule has 1 aromatic heterocycles.